The van der Waals surface area contributed by atoms with Crippen molar-refractivity contribution in [3.63, 3.8) is 0 Å². The maximum Gasteiger partial charge on any atom is 0.239 e. The monoisotopic (exact) mass is 221 g/mol. The quantitative estimate of drug-likeness (QED) is 0.697. The highest BCUT2D eigenvalue weighted by atomic mass is 14.9. The number of nitrogens with zero attached hydrogens (tertiary/aromatic N) is 1. The summed E-state index contributed by atoms with van der Waals surface area (Å²) < 4.78 is 2.30. The summed E-state index contributed by atoms with van der Waals surface area (Å²) in [6, 6.07) is 8.45. The van der Waals surface area contributed by atoms with Crippen molar-refractivity contribution in [2.24, 2.45) is 0 Å². The second-order valence-electron chi connectivity index (χ2n) is 3.87. The van der Waals surface area contributed by atoms with E-state index in [9.17, 15) is 0 Å². The molecule has 1 nitrogen and oxygen atoms in total. The summed E-state index contributed by atoms with van der Waals surface area (Å²) in [5.41, 5.74) is 1.26. The number of allylic oxidation sites excluding steroid dienone is 2. The van der Waals surface area contributed by atoms with E-state index >= 15 is 0 Å². The minimum absolute atomic E-state index is 0.950. The first-order valence-electron chi connectivity index (χ1n) is 5.86. The molecule has 2 rings (SSSR count). The van der Waals surface area contributed by atoms with Crippen molar-refractivity contribution < 1.29 is 0 Å². The molecule has 2 aromatic rings. The van der Waals surface area contributed by atoms with Crippen LogP contribution in [0.25, 0.3) is 23.1 Å². The van der Waals surface area contributed by atoms with Crippen molar-refractivity contribution in [3.8, 4) is 0 Å². The summed E-state index contributed by atoms with van der Waals surface area (Å²) in [5, 5.41) is 3.68. The van der Waals surface area contributed by atoms with Crippen LogP contribution in [-0.2, 0) is 0 Å². The molecule has 84 valence electrons. The Morgan fingerprint density at radius 3 is 2.47 bits per heavy atom. The van der Waals surface area contributed by atoms with Gasteiger partial charge in [0.2, 0.25) is 7.41 Å². The number of aromatic nitrogens is 1. The summed E-state index contributed by atoms with van der Waals surface area (Å²) in [6.07, 6.45) is 7.78. The number of fused-ring (bicyclic) bond motifs is 1. The first-order chi connectivity index (χ1) is 8.33. The number of rotatable bonds is 3. The van der Waals surface area contributed by atoms with Crippen molar-refractivity contribution in [2.75, 3.05) is 0 Å². The van der Waals surface area contributed by atoms with Crippen LogP contribution in [0, 0.1) is 0 Å². The Balaban J connectivity index is 3.09. The van der Waals surface area contributed by atoms with Crippen molar-refractivity contribution >= 4 is 30.5 Å². The Kier molecular flexibility index (Phi) is 3.33. The van der Waals surface area contributed by atoms with E-state index in [4.69, 9.17) is 0 Å². The van der Waals surface area contributed by atoms with Crippen molar-refractivity contribution in [1.82, 2.24) is 4.48 Å². The van der Waals surface area contributed by atoms with Gasteiger partial charge in [-0.1, -0.05) is 56.4 Å². The predicted molar refractivity (Wildman–Crippen MR) is 78.9 cm³/mol. The molecule has 0 fully saturated rings. The Bertz CT molecular complexity index is 677. The smallest absolute Gasteiger partial charge is 0.239 e. The van der Waals surface area contributed by atoms with E-state index in [-0.39, 0.29) is 0 Å². The van der Waals surface area contributed by atoms with Crippen LogP contribution < -0.4 is 10.6 Å². The highest BCUT2D eigenvalue weighted by Gasteiger charge is 2.04. The van der Waals surface area contributed by atoms with Crippen LogP contribution >= 0.6 is 0 Å². The van der Waals surface area contributed by atoms with Gasteiger partial charge in [0.25, 0.3) is 0 Å². The first-order valence-corrected chi connectivity index (χ1v) is 5.86. The van der Waals surface area contributed by atoms with E-state index in [1.807, 2.05) is 12.2 Å². The van der Waals surface area contributed by atoms with Gasteiger partial charge in [-0.25, -0.2) is 0 Å². The summed E-state index contributed by atoms with van der Waals surface area (Å²) in [5.74, 6) is 0. The molecule has 1 heterocycles. The molecule has 0 bridgehead atoms. The summed E-state index contributed by atoms with van der Waals surface area (Å²) in [7, 11) is 0.950. The lowest BCUT2D eigenvalue weighted by Crippen LogP contribution is -2.30. The highest BCUT2D eigenvalue weighted by Crippen LogP contribution is 2.07. The fraction of sp³-hybridized carbons (Fsp3) is 0.0667. The van der Waals surface area contributed by atoms with Gasteiger partial charge in [-0.05, 0) is 12.1 Å². The van der Waals surface area contributed by atoms with E-state index in [1.54, 1.807) is 0 Å². The Morgan fingerprint density at radius 2 is 1.82 bits per heavy atom. The molecule has 0 aliphatic heterocycles. The van der Waals surface area contributed by atoms with Crippen LogP contribution in [0.1, 0.15) is 0 Å². The van der Waals surface area contributed by atoms with E-state index in [0.717, 1.165) is 7.41 Å². The highest BCUT2D eigenvalue weighted by molar-refractivity contribution is 6.33. The topological polar surface area (TPSA) is 4.93 Å². The number of hydrogen-bond donors (Lipinski definition) is 0. The molecule has 0 unspecified atom stereocenters. The van der Waals surface area contributed by atoms with Crippen molar-refractivity contribution in [3.05, 3.63) is 60.1 Å². The zero-order valence-corrected chi connectivity index (χ0v) is 10.2. The second-order valence-corrected chi connectivity index (χ2v) is 3.87. The van der Waals surface area contributed by atoms with Gasteiger partial charge in [0.1, 0.15) is 0 Å². The number of para-hydroxylation sites is 1. The summed E-state index contributed by atoms with van der Waals surface area (Å²) in [6.45, 7) is 9.75. The third-order valence-corrected chi connectivity index (χ3v) is 2.93. The van der Waals surface area contributed by atoms with Gasteiger partial charge in [0.15, 0.2) is 0 Å². The molecule has 0 radical (unpaired) electrons. The molecule has 17 heavy (non-hydrogen) atoms. The van der Waals surface area contributed by atoms with Gasteiger partial charge in [-0.3, -0.25) is 0 Å². The number of benzene rings is 1. The van der Waals surface area contributed by atoms with Crippen LogP contribution in [0.3, 0.4) is 0 Å². The van der Waals surface area contributed by atoms with Crippen LogP contribution in [0.15, 0.2) is 49.6 Å². The third-order valence-electron chi connectivity index (χ3n) is 2.93. The largest absolute Gasteiger partial charge is 0.389 e. The van der Waals surface area contributed by atoms with E-state index in [1.165, 1.54) is 21.5 Å². The van der Waals surface area contributed by atoms with Crippen LogP contribution in [-0.4, -0.2) is 11.9 Å². The molecule has 1 aromatic carbocycles. The van der Waals surface area contributed by atoms with Gasteiger partial charge in [0.05, 0.1) is 0 Å². The molecule has 0 aliphatic rings. The Morgan fingerprint density at radius 1 is 1.12 bits per heavy atom. The van der Waals surface area contributed by atoms with E-state index < -0.39 is 0 Å². The van der Waals surface area contributed by atoms with E-state index in [0.29, 0.717) is 0 Å². The molecular formula is C15H16BN. The third kappa shape index (κ3) is 1.87. The molecule has 0 saturated carbocycles. The SMILES string of the molecule is C=C/C=c1\c(=C/C=C)n(BC)c2ccccc12. The molecule has 2 heteroatoms. The fourth-order valence-electron chi connectivity index (χ4n) is 2.27. The van der Waals surface area contributed by atoms with Gasteiger partial charge in [-0.15, -0.1) is 0 Å². The summed E-state index contributed by atoms with van der Waals surface area (Å²) in [4.78, 5) is 0. The van der Waals surface area contributed by atoms with Gasteiger partial charge in [0, 0.05) is 21.5 Å². The molecule has 1 aromatic heterocycles. The van der Waals surface area contributed by atoms with Crippen LogP contribution in [0.4, 0.5) is 0 Å². The predicted octanol–water partition coefficient (Wildman–Crippen LogP) is 1.82. The lowest BCUT2D eigenvalue weighted by molar-refractivity contribution is 1.21. The first kappa shape index (κ1) is 11.5. The second kappa shape index (κ2) is 4.92. The molecule has 0 N–H and O–H groups in total. The minimum Gasteiger partial charge on any atom is -0.389 e. The van der Waals surface area contributed by atoms with Crippen molar-refractivity contribution in [1.29, 1.82) is 0 Å². The standard InChI is InChI=1S/C15H16BN/c1-4-8-12-13-10-6-7-11-15(13)17(16-3)14(12)9-5-2/h4-11,16H,1-2H2,3H3/b12-8-,14-9+. The molecule has 0 saturated heterocycles. The maximum atomic E-state index is 3.79. The van der Waals surface area contributed by atoms with Crippen LogP contribution in [0.5, 0.6) is 0 Å². The molecule has 0 atom stereocenters. The van der Waals surface area contributed by atoms with Gasteiger partial charge in [-0.2, -0.15) is 0 Å². The average molecular weight is 221 g/mol. The Hall–Kier alpha value is -1.96. The van der Waals surface area contributed by atoms with Gasteiger partial charge >= 0.3 is 0 Å². The molecule has 0 aliphatic carbocycles. The lowest BCUT2D eigenvalue weighted by atomic mass is 9.99. The molecule has 0 spiro atoms. The number of hydrogen-bond acceptors (Lipinski definition) is 0. The van der Waals surface area contributed by atoms with E-state index in [2.05, 4.69) is 60.9 Å². The minimum atomic E-state index is 0.950. The van der Waals surface area contributed by atoms with Crippen molar-refractivity contribution in [2.45, 2.75) is 6.82 Å². The normalized spacial score (nSPS) is 13.0. The fourth-order valence-corrected chi connectivity index (χ4v) is 2.27. The maximum absolute atomic E-state index is 3.79. The molecule has 0 amide bonds. The van der Waals surface area contributed by atoms with Gasteiger partial charge < -0.3 is 4.48 Å². The Labute approximate surface area is 102 Å². The average Bonchev–Trinajstić information content (AvgIpc) is 2.65. The zero-order valence-electron chi connectivity index (χ0n) is 10.2. The zero-order chi connectivity index (χ0) is 12.3. The lowest BCUT2D eigenvalue weighted by Gasteiger charge is -1.99. The molecular weight excluding hydrogens is 205 g/mol. The summed E-state index contributed by atoms with van der Waals surface area (Å²) >= 11 is 0. The van der Waals surface area contributed by atoms with Crippen LogP contribution in [0.2, 0.25) is 6.82 Å².